The van der Waals surface area contributed by atoms with Crippen LogP contribution in [0.4, 0.5) is 8.78 Å². The second kappa shape index (κ2) is 9.42. The molecule has 2 amide bonds. The van der Waals surface area contributed by atoms with Gasteiger partial charge in [-0.1, -0.05) is 19.9 Å². The van der Waals surface area contributed by atoms with Crippen LogP contribution >= 0.6 is 12.4 Å². The standard InChI is InChI=1S/C15H21F2N3O2.ClH/c1-8(2)14(18)15(22)19-7-13(21)20-9(3)11-5-4-10(16)6-12(11)17;/h4-6,8-9,14H,7,18H2,1-3H3,(H,19,22)(H,20,21);1H/t9-,14+;/m1./s1. The predicted molar refractivity (Wildman–Crippen MR) is 86.0 cm³/mol. The van der Waals surface area contributed by atoms with E-state index in [2.05, 4.69) is 10.6 Å². The molecule has 8 heteroatoms. The van der Waals surface area contributed by atoms with E-state index in [4.69, 9.17) is 5.73 Å². The van der Waals surface area contributed by atoms with Crippen LogP contribution in [0.15, 0.2) is 18.2 Å². The van der Waals surface area contributed by atoms with Crippen molar-refractivity contribution in [3.05, 3.63) is 35.4 Å². The summed E-state index contributed by atoms with van der Waals surface area (Å²) in [5.74, 6) is -2.38. The first kappa shape index (κ1) is 21.3. The van der Waals surface area contributed by atoms with Gasteiger partial charge in [0.05, 0.1) is 18.6 Å². The summed E-state index contributed by atoms with van der Waals surface area (Å²) in [4.78, 5) is 23.4. The number of nitrogens with two attached hydrogens (primary N) is 1. The van der Waals surface area contributed by atoms with Gasteiger partial charge in [-0.25, -0.2) is 8.78 Å². The fourth-order valence-corrected chi connectivity index (χ4v) is 1.81. The Morgan fingerprint density at radius 3 is 2.35 bits per heavy atom. The zero-order valence-electron chi connectivity index (χ0n) is 13.2. The van der Waals surface area contributed by atoms with Gasteiger partial charge in [-0.3, -0.25) is 9.59 Å². The van der Waals surface area contributed by atoms with Crippen molar-refractivity contribution in [1.29, 1.82) is 0 Å². The van der Waals surface area contributed by atoms with Crippen LogP contribution in [0.25, 0.3) is 0 Å². The summed E-state index contributed by atoms with van der Waals surface area (Å²) in [6.07, 6.45) is 0. The Bertz CT molecular complexity index is 556. The summed E-state index contributed by atoms with van der Waals surface area (Å²) in [7, 11) is 0. The topological polar surface area (TPSA) is 84.2 Å². The van der Waals surface area contributed by atoms with Gasteiger partial charge in [0.2, 0.25) is 11.8 Å². The molecular formula is C15H22ClF2N3O2. The molecule has 0 saturated carbocycles. The van der Waals surface area contributed by atoms with Crippen LogP contribution in [-0.4, -0.2) is 24.4 Å². The molecule has 0 unspecified atom stereocenters. The van der Waals surface area contributed by atoms with Crippen LogP contribution < -0.4 is 16.4 Å². The van der Waals surface area contributed by atoms with Gasteiger partial charge >= 0.3 is 0 Å². The van der Waals surface area contributed by atoms with E-state index in [9.17, 15) is 18.4 Å². The Balaban J connectivity index is 0.00000484. The predicted octanol–water partition coefficient (Wildman–Crippen LogP) is 1.66. The van der Waals surface area contributed by atoms with E-state index in [0.29, 0.717) is 0 Å². The monoisotopic (exact) mass is 349 g/mol. The number of benzene rings is 1. The van der Waals surface area contributed by atoms with E-state index < -0.39 is 35.5 Å². The lowest BCUT2D eigenvalue weighted by Crippen LogP contribution is -2.47. The summed E-state index contributed by atoms with van der Waals surface area (Å²) >= 11 is 0. The minimum atomic E-state index is -0.737. The van der Waals surface area contributed by atoms with Gasteiger partial charge in [-0.2, -0.15) is 0 Å². The van der Waals surface area contributed by atoms with Crippen LogP contribution in [0, 0.1) is 17.6 Å². The second-order valence-electron chi connectivity index (χ2n) is 5.44. The maximum Gasteiger partial charge on any atom is 0.239 e. The smallest absolute Gasteiger partial charge is 0.239 e. The zero-order valence-corrected chi connectivity index (χ0v) is 14.0. The molecule has 0 aliphatic heterocycles. The molecule has 5 nitrogen and oxygen atoms in total. The van der Waals surface area contributed by atoms with Crippen LogP contribution in [0.3, 0.4) is 0 Å². The van der Waals surface area contributed by atoms with Crippen LogP contribution in [0.2, 0.25) is 0 Å². The average molecular weight is 350 g/mol. The molecule has 130 valence electrons. The van der Waals surface area contributed by atoms with Crippen LogP contribution in [0.5, 0.6) is 0 Å². The third-order valence-corrected chi connectivity index (χ3v) is 3.25. The number of halogens is 3. The van der Waals surface area contributed by atoms with E-state index in [1.807, 2.05) is 0 Å². The van der Waals surface area contributed by atoms with Gasteiger partial charge in [0.25, 0.3) is 0 Å². The van der Waals surface area contributed by atoms with Crippen molar-refractivity contribution < 1.29 is 18.4 Å². The summed E-state index contributed by atoms with van der Waals surface area (Å²) < 4.78 is 26.4. The third kappa shape index (κ3) is 6.50. The number of carbonyl (C=O) groups is 2. The quantitative estimate of drug-likeness (QED) is 0.730. The molecule has 0 radical (unpaired) electrons. The zero-order chi connectivity index (χ0) is 16.9. The molecule has 4 N–H and O–H groups in total. The Labute approximate surface area is 140 Å². The lowest BCUT2D eigenvalue weighted by molar-refractivity contribution is -0.127. The molecule has 0 fully saturated rings. The summed E-state index contributed by atoms with van der Waals surface area (Å²) in [5, 5.41) is 4.94. The number of carbonyl (C=O) groups excluding carboxylic acids is 2. The molecule has 1 aromatic carbocycles. The molecule has 2 atom stereocenters. The van der Waals surface area contributed by atoms with Gasteiger partial charge in [-0.15, -0.1) is 12.4 Å². The molecule has 1 aromatic rings. The lowest BCUT2D eigenvalue weighted by atomic mass is 10.1. The van der Waals surface area contributed by atoms with Gasteiger partial charge in [-0.05, 0) is 18.9 Å². The van der Waals surface area contributed by atoms with E-state index in [1.165, 1.54) is 6.07 Å². The van der Waals surface area contributed by atoms with Gasteiger partial charge in [0.1, 0.15) is 11.6 Å². The van der Waals surface area contributed by atoms with Crippen molar-refractivity contribution >= 4 is 24.2 Å². The minimum Gasteiger partial charge on any atom is -0.348 e. The summed E-state index contributed by atoms with van der Waals surface area (Å²) in [6, 6.07) is 1.79. The van der Waals surface area contributed by atoms with Crippen LogP contribution in [0.1, 0.15) is 32.4 Å². The third-order valence-electron chi connectivity index (χ3n) is 3.25. The van der Waals surface area contributed by atoms with Crippen molar-refractivity contribution in [2.75, 3.05) is 6.54 Å². The molecular weight excluding hydrogens is 328 g/mol. The van der Waals surface area contributed by atoms with Crippen LogP contribution in [-0.2, 0) is 9.59 Å². The average Bonchev–Trinajstić information content (AvgIpc) is 2.43. The fraction of sp³-hybridized carbons (Fsp3) is 0.467. The second-order valence-corrected chi connectivity index (χ2v) is 5.44. The normalized spacial score (nSPS) is 13.0. The molecule has 0 aliphatic rings. The van der Waals surface area contributed by atoms with Crippen molar-refractivity contribution in [1.82, 2.24) is 10.6 Å². The highest BCUT2D eigenvalue weighted by atomic mass is 35.5. The van der Waals surface area contributed by atoms with Gasteiger partial charge < -0.3 is 16.4 Å². The first-order valence-corrected chi connectivity index (χ1v) is 7.00. The molecule has 1 rings (SSSR count). The molecule has 0 aliphatic carbocycles. The van der Waals surface area contributed by atoms with Crippen molar-refractivity contribution in [3.8, 4) is 0 Å². The maximum atomic E-state index is 13.6. The fourth-order valence-electron chi connectivity index (χ4n) is 1.81. The van der Waals surface area contributed by atoms with Gasteiger partial charge in [0.15, 0.2) is 0 Å². The van der Waals surface area contributed by atoms with Crippen molar-refractivity contribution in [2.45, 2.75) is 32.9 Å². The van der Waals surface area contributed by atoms with E-state index in [1.54, 1.807) is 20.8 Å². The number of nitrogens with one attached hydrogen (secondary N) is 2. The maximum absolute atomic E-state index is 13.6. The van der Waals surface area contributed by atoms with Gasteiger partial charge in [0, 0.05) is 11.6 Å². The molecule has 0 aromatic heterocycles. The molecule has 0 spiro atoms. The van der Waals surface area contributed by atoms with Crippen molar-refractivity contribution in [2.24, 2.45) is 11.7 Å². The SMILES string of the molecule is CC(C)[C@H](N)C(=O)NCC(=O)N[C@H](C)c1ccc(F)cc1F.Cl. The number of hydrogen-bond donors (Lipinski definition) is 3. The molecule has 23 heavy (non-hydrogen) atoms. The Kier molecular flexibility index (Phi) is 8.71. The highest BCUT2D eigenvalue weighted by Crippen LogP contribution is 2.17. The van der Waals surface area contributed by atoms with E-state index >= 15 is 0 Å². The molecule has 0 bridgehead atoms. The highest BCUT2D eigenvalue weighted by molar-refractivity contribution is 5.87. The largest absolute Gasteiger partial charge is 0.348 e. The van der Waals surface area contributed by atoms with E-state index in [0.717, 1.165) is 12.1 Å². The first-order valence-electron chi connectivity index (χ1n) is 7.00. The highest BCUT2D eigenvalue weighted by Gasteiger charge is 2.19. The number of hydrogen-bond acceptors (Lipinski definition) is 3. The van der Waals surface area contributed by atoms with E-state index in [-0.39, 0.29) is 30.4 Å². The molecule has 0 saturated heterocycles. The summed E-state index contributed by atoms with van der Waals surface area (Å²) in [6.45, 7) is 4.90. The molecule has 0 heterocycles. The lowest BCUT2D eigenvalue weighted by Gasteiger charge is -2.17. The number of amides is 2. The first-order chi connectivity index (χ1) is 10.2. The van der Waals surface area contributed by atoms with Crippen molar-refractivity contribution in [3.63, 3.8) is 0 Å². The Hall–Kier alpha value is -1.73. The minimum absolute atomic E-state index is 0. The Morgan fingerprint density at radius 2 is 1.83 bits per heavy atom. The Morgan fingerprint density at radius 1 is 1.22 bits per heavy atom. The number of rotatable bonds is 6. The summed E-state index contributed by atoms with van der Waals surface area (Å²) in [5.41, 5.74) is 5.81.